The van der Waals surface area contributed by atoms with Gasteiger partial charge in [-0.15, -0.1) is 0 Å². The standard InChI is InChI=1S/C25H20N2O6S/c1-13-11-14(6-9-17(13)32-3)22(28)20-21(18-5-4-10-33-18)27(24(30)23(20)29)25-26-16-8-7-15(31-2)12-19(16)34-25/h4-12,21,28H,1-3H3. The summed E-state index contributed by atoms with van der Waals surface area (Å²) in [7, 11) is 3.12. The lowest BCUT2D eigenvalue weighted by atomic mass is 9.98. The van der Waals surface area contributed by atoms with Crippen molar-refractivity contribution in [3.8, 4) is 11.5 Å². The van der Waals surface area contributed by atoms with E-state index in [0.717, 1.165) is 10.3 Å². The molecule has 172 valence electrons. The van der Waals surface area contributed by atoms with Crippen LogP contribution in [-0.2, 0) is 9.59 Å². The monoisotopic (exact) mass is 476 g/mol. The van der Waals surface area contributed by atoms with Gasteiger partial charge in [-0.1, -0.05) is 11.3 Å². The lowest BCUT2D eigenvalue weighted by Crippen LogP contribution is -2.29. The van der Waals surface area contributed by atoms with Crippen LogP contribution in [0.1, 0.15) is 22.9 Å². The number of carbonyl (C=O) groups excluding carboxylic acids is 2. The van der Waals surface area contributed by atoms with E-state index >= 15 is 0 Å². The van der Waals surface area contributed by atoms with Crippen LogP contribution in [0.4, 0.5) is 5.13 Å². The lowest BCUT2D eigenvalue weighted by Gasteiger charge is -2.20. The van der Waals surface area contributed by atoms with Gasteiger partial charge >= 0.3 is 5.91 Å². The van der Waals surface area contributed by atoms with E-state index in [1.165, 1.54) is 22.5 Å². The second-order valence-electron chi connectivity index (χ2n) is 7.70. The summed E-state index contributed by atoms with van der Waals surface area (Å²) in [5, 5.41) is 11.5. The number of hydrogen-bond acceptors (Lipinski definition) is 8. The van der Waals surface area contributed by atoms with Crippen molar-refractivity contribution in [1.29, 1.82) is 0 Å². The highest BCUT2D eigenvalue weighted by Gasteiger charge is 2.49. The summed E-state index contributed by atoms with van der Waals surface area (Å²) < 4.78 is 17.0. The molecule has 1 fully saturated rings. The lowest BCUT2D eigenvalue weighted by molar-refractivity contribution is -0.132. The molecule has 8 nitrogen and oxygen atoms in total. The maximum Gasteiger partial charge on any atom is 0.302 e. The smallest absolute Gasteiger partial charge is 0.302 e. The van der Waals surface area contributed by atoms with Crippen molar-refractivity contribution >= 4 is 44.1 Å². The van der Waals surface area contributed by atoms with E-state index in [1.54, 1.807) is 56.7 Å². The van der Waals surface area contributed by atoms with Gasteiger partial charge in [-0.2, -0.15) is 0 Å². The van der Waals surface area contributed by atoms with Crippen molar-refractivity contribution in [2.24, 2.45) is 0 Å². The van der Waals surface area contributed by atoms with E-state index in [9.17, 15) is 14.7 Å². The highest BCUT2D eigenvalue weighted by atomic mass is 32.1. The average molecular weight is 477 g/mol. The van der Waals surface area contributed by atoms with Crippen LogP contribution in [0.25, 0.3) is 16.0 Å². The predicted octanol–water partition coefficient (Wildman–Crippen LogP) is 4.84. The van der Waals surface area contributed by atoms with E-state index in [1.807, 2.05) is 13.0 Å². The summed E-state index contributed by atoms with van der Waals surface area (Å²) in [5.41, 5.74) is 1.75. The Morgan fingerprint density at radius 3 is 2.62 bits per heavy atom. The molecule has 0 aliphatic carbocycles. The van der Waals surface area contributed by atoms with Gasteiger partial charge in [0.2, 0.25) is 0 Å². The average Bonchev–Trinajstić information content (AvgIpc) is 3.56. The van der Waals surface area contributed by atoms with Gasteiger partial charge in [0, 0.05) is 5.56 Å². The first kappa shape index (κ1) is 21.7. The fourth-order valence-corrected chi connectivity index (χ4v) is 5.07. The van der Waals surface area contributed by atoms with E-state index in [0.29, 0.717) is 33.5 Å². The molecule has 1 aliphatic heterocycles. The van der Waals surface area contributed by atoms with Crippen molar-refractivity contribution in [3.63, 3.8) is 0 Å². The highest BCUT2D eigenvalue weighted by molar-refractivity contribution is 7.22. The zero-order valence-electron chi connectivity index (χ0n) is 18.6. The maximum absolute atomic E-state index is 13.2. The molecule has 34 heavy (non-hydrogen) atoms. The number of benzene rings is 2. The SMILES string of the molecule is COc1ccc2nc(N3C(=O)C(=O)C(=C(O)c4ccc(OC)c(C)c4)C3c3ccco3)sc2c1. The molecule has 1 amide bonds. The number of aryl methyl sites for hydroxylation is 1. The van der Waals surface area contributed by atoms with Gasteiger partial charge in [-0.3, -0.25) is 14.5 Å². The minimum absolute atomic E-state index is 0.0682. The Morgan fingerprint density at radius 2 is 1.94 bits per heavy atom. The molecule has 2 aromatic carbocycles. The first-order valence-electron chi connectivity index (χ1n) is 10.4. The number of ether oxygens (including phenoxy) is 2. The highest BCUT2D eigenvalue weighted by Crippen LogP contribution is 2.44. The quantitative estimate of drug-likeness (QED) is 0.250. The third kappa shape index (κ3) is 3.41. The molecule has 2 aromatic heterocycles. The van der Waals surface area contributed by atoms with E-state index in [-0.39, 0.29) is 11.3 Å². The molecule has 1 atom stereocenters. The molecule has 0 bridgehead atoms. The van der Waals surface area contributed by atoms with Crippen LogP contribution in [0.15, 0.2) is 64.8 Å². The van der Waals surface area contributed by atoms with Gasteiger partial charge < -0.3 is 19.0 Å². The normalized spacial score (nSPS) is 17.5. The summed E-state index contributed by atoms with van der Waals surface area (Å²) >= 11 is 1.25. The number of aliphatic hydroxyl groups is 1. The number of fused-ring (bicyclic) bond motifs is 1. The maximum atomic E-state index is 13.2. The number of hydrogen-bond donors (Lipinski definition) is 1. The summed E-state index contributed by atoms with van der Waals surface area (Å²) in [6.45, 7) is 1.83. The predicted molar refractivity (Wildman–Crippen MR) is 127 cm³/mol. The number of rotatable bonds is 5. The Morgan fingerprint density at radius 1 is 1.12 bits per heavy atom. The first-order chi connectivity index (χ1) is 16.4. The number of Topliss-reactive ketones (excluding diaryl/α,β-unsaturated/α-hetero) is 1. The van der Waals surface area contributed by atoms with Gasteiger partial charge in [0.25, 0.3) is 5.78 Å². The Hall–Kier alpha value is -4.11. The van der Waals surface area contributed by atoms with Gasteiger partial charge in [0.05, 0.1) is 36.3 Å². The van der Waals surface area contributed by atoms with Crippen LogP contribution in [0.5, 0.6) is 11.5 Å². The molecule has 5 rings (SSSR count). The zero-order valence-corrected chi connectivity index (χ0v) is 19.4. The third-order valence-electron chi connectivity index (χ3n) is 5.72. The molecule has 0 spiro atoms. The summed E-state index contributed by atoms with van der Waals surface area (Å²) in [5.74, 6) is -0.270. The number of anilines is 1. The number of thiazole rings is 1. The van der Waals surface area contributed by atoms with Crippen LogP contribution < -0.4 is 14.4 Å². The zero-order chi connectivity index (χ0) is 24.0. The van der Waals surface area contributed by atoms with Crippen LogP contribution >= 0.6 is 11.3 Å². The summed E-state index contributed by atoms with van der Waals surface area (Å²) in [6, 6.07) is 12.8. The van der Waals surface area contributed by atoms with E-state index < -0.39 is 17.7 Å². The van der Waals surface area contributed by atoms with Crippen LogP contribution in [-0.4, -0.2) is 36.0 Å². The number of aliphatic hydroxyl groups excluding tert-OH is 1. The number of ketones is 1. The van der Waals surface area contributed by atoms with Gasteiger partial charge in [-0.25, -0.2) is 4.98 Å². The molecule has 4 aromatic rings. The minimum atomic E-state index is -0.972. The van der Waals surface area contributed by atoms with Crippen molar-refractivity contribution < 1.29 is 28.6 Å². The van der Waals surface area contributed by atoms with Crippen molar-refractivity contribution in [2.75, 3.05) is 19.1 Å². The number of furan rings is 1. The third-order valence-corrected chi connectivity index (χ3v) is 6.73. The number of nitrogens with zero attached hydrogens (tertiary/aromatic N) is 2. The second-order valence-corrected chi connectivity index (χ2v) is 8.71. The minimum Gasteiger partial charge on any atom is -0.507 e. The number of carbonyl (C=O) groups is 2. The molecular weight excluding hydrogens is 456 g/mol. The fourth-order valence-electron chi connectivity index (χ4n) is 4.05. The molecule has 1 saturated heterocycles. The number of methoxy groups -OCH3 is 2. The molecular formula is C25H20N2O6S. The summed E-state index contributed by atoms with van der Waals surface area (Å²) in [6.07, 6.45) is 1.45. The Labute approximate surface area is 198 Å². The Kier molecular flexibility index (Phi) is 5.33. The summed E-state index contributed by atoms with van der Waals surface area (Å²) in [4.78, 5) is 32.3. The fraction of sp³-hybridized carbons (Fsp3) is 0.160. The second kappa shape index (κ2) is 8.35. The van der Waals surface area contributed by atoms with Gasteiger partial charge in [0.15, 0.2) is 5.13 Å². The van der Waals surface area contributed by atoms with Gasteiger partial charge in [0.1, 0.15) is 29.1 Å². The Bertz CT molecular complexity index is 1450. The number of aromatic nitrogens is 1. The molecule has 0 radical (unpaired) electrons. The largest absolute Gasteiger partial charge is 0.507 e. The molecule has 1 aliphatic rings. The van der Waals surface area contributed by atoms with Crippen molar-refractivity contribution in [1.82, 2.24) is 4.98 Å². The van der Waals surface area contributed by atoms with Crippen LogP contribution in [0, 0.1) is 6.92 Å². The van der Waals surface area contributed by atoms with Crippen molar-refractivity contribution in [2.45, 2.75) is 13.0 Å². The van der Waals surface area contributed by atoms with E-state index in [2.05, 4.69) is 4.98 Å². The van der Waals surface area contributed by atoms with Crippen molar-refractivity contribution in [3.05, 3.63) is 77.3 Å². The first-order valence-corrected chi connectivity index (χ1v) is 11.2. The molecule has 0 saturated carbocycles. The Balaban J connectivity index is 1.68. The van der Waals surface area contributed by atoms with Gasteiger partial charge in [-0.05, 0) is 61.0 Å². The van der Waals surface area contributed by atoms with E-state index in [4.69, 9.17) is 13.9 Å². The molecule has 1 N–H and O–H groups in total. The molecule has 3 heterocycles. The van der Waals surface area contributed by atoms with Crippen LogP contribution in [0.3, 0.4) is 0 Å². The molecule has 9 heteroatoms. The number of amides is 1. The topological polar surface area (TPSA) is 102 Å². The van der Waals surface area contributed by atoms with Crippen LogP contribution in [0.2, 0.25) is 0 Å². The molecule has 1 unspecified atom stereocenters.